The van der Waals surface area contributed by atoms with Crippen LogP contribution in [0.5, 0.6) is 5.75 Å². The van der Waals surface area contributed by atoms with Crippen LogP contribution in [0.1, 0.15) is 44.9 Å². The summed E-state index contributed by atoms with van der Waals surface area (Å²) in [4.78, 5) is 10.8. The maximum absolute atomic E-state index is 13.4. The second-order valence-corrected chi connectivity index (χ2v) is 11.3. The number of hydrogen-bond acceptors (Lipinski definition) is 5. The highest BCUT2D eigenvalue weighted by Gasteiger charge is 2.48. The summed E-state index contributed by atoms with van der Waals surface area (Å²) < 4.78 is 35.6. The van der Waals surface area contributed by atoms with Crippen LogP contribution in [-0.2, 0) is 14.8 Å². The summed E-state index contributed by atoms with van der Waals surface area (Å²) >= 11 is 0. The molecule has 2 bridgehead atoms. The normalized spacial score (nSPS) is 24.6. The molecule has 180 valence electrons. The summed E-state index contributed by atoms with van der Waals surface area (Å²) in [6.45, 7) is 0. The summed E-state index contributed by atoms with van der Waals surface area (Å²) in [7, 11) is -3.74. The molecule has 0 saturated heterocycles. The second-order valence-electron chi connectivity index (χ2n) is 9.58. The minimum absolute atomic E-state index is 0.0995. The summed E-state index contributed by atoms with van der Waals surface area (Å²) in [5, 5.41) is 19.9. The molecule has 1 heterocycles. The van der Waals surface area contributed by atoms with E-state index in [4.69, 9.17) is 9.52 Å². The van der Waals surface area contributed by atoms with Crippen molar-refractivity contribution in [2.24, 2.45) is 17.8 Å². The number of unbranched alkanes of at least 4 members (excludes halogenated alkanes) is 1. The Morgan fingerprint density at radius 1 is 1.06 bits per heavy atom. The van der Waals surface area contributed by atoms with Crippen LogP contribution in [0.25, 0.3) is 21.9 Å². The molecule has 0 amide bonds. The highest BCUT2D eigenvalue weighted by Crippen LogP contribution is 2.50. The quantitative estimate of drug-likeness (QED) is 0.285. The van der Waals surface area contributed by atoms with E-state index in [0.717, 1.165) is 32.1 Å². The summed E-state index contributed by atoms with van der Waals surface area (Å²) in [6.07, 6.45) is 9.63. The number of phenolic OH excluding ortho intramolecular Hbond substituents is 1. The van der Waals surface area contributed by atoms with Crippen LogP contribution in [0.4, 0.5) is 0 Å². The van der Waals surface area contributed by atoms with Crippen LogP contribution in [-0.4, -0.2) is 30.6 Å². The lowest BCUT2D eigenvalue weighted by molar-refractivity contribution is -0.137. The number of furan rings is 1. The molecule has 0 aliphatic heterocycles. The maximum atomic E-state index is 13.4. The number of rotatable bonds is 9. The van der Waals surface area contributed by atoms with E-state index in [1.54, 1.807) is 36.4 Å². The van der Waals surface area contributed by atoms with Crippen molar-refractivity contribution in [3.63, 3.8) is 0 Å². The number of fused-ring (bicyclic) bond motifs is 5. The van der Waals surface area contributed by atoms with Gasteiger partial charge in [-0.05, 0) is 92.7 Å². The van der Waals surface area contributed by atoms with Gasteiger partial charge in [0.15, 0.2) is 0 Å². The Bertz CT molecular complexity index is 1360. The number of sulfonamides is 1. The SMILES string of the molecule is O=C(O)CCC/C=C\C[C@@H]1[C@H]2CC[C@H](C2)[C@H]1NS(=O)(=O)c1ccc2oc3ccc(O)cc3c2c1. The van der Waals surface area contributed by atoms with Gasteiger partial charge in [-0.2, -0.15) is 0 Å². The first-order valence-corrected chi connectivity index (χ1v) is 13.3. The minimum Gasteiger partial charge on any atom is -0.508 e. The molecule has 5 rings (SSSR count). The van der Waals surface area contributed by atoms with Gasteiger partial charge in [-0.25, -0.2) is 13.1 Å². The first-order chi connectivity index (χ1) is 16.3. The third kappa shape index (κ3) is 4.44. The predicted octanol–water partition coefficient (Wildman–Crippen LogP) is 5.19. The molecule has 0 unspecified atom stereocenters. The summed E-state index contributed by atoms with van der Waals surface area (Å²) in [5.74, 6) is 0.432. The van der Waals surface area contributed by atoms with E-state index in [2.05, 4.69) is 10.8 Å². The van der Waals surface area contributed by atoms with Gasteiger partial charge in [-0.1, -0.05) is 12.2 Å². The fourth-order valence-corrected chi connectivity index (χ4v) is 7.22. The van der Waals surface area contributed by atoms with Gasteiger partial charge >= 0.3 is 5.97 Å². The lowest BCUT2D eigenvalue weighted by Gasteiger charge is -2.31. The fraction of sp³-hybridized carbons (Fsp3) is 0.423. The van der Waals surface area contributed by atoms with Crippen molar-refractivity contribution in [1.82, 2.24) is 4.72 Å². The average molecular weight is 484 g/mol. The van der Waals surface area contributed by atoms with Crippen molar-refractivity contribution in [3.05, 3.63) is 48.6 Å². The topological polar surface area (TPSA) is 117 Å². The van der Waals surface area contributed by atoms with Crippen molar-refractivity contribution in [3.8, 4) is 5.75 Å². The Morgan fingerprint density at radius 3 is 2.59 bits per heavy atom. The van der Waals surface area contributed by atoms with Gasteiger partial charge in [0.25, 0.3) is 0 Å². The van der Waals surface area contributed by atoms with Gasteiger partial charge in [0, 0.05) is 23.2 Å². The zero-order valence-corrected chi connectivity index (χ0v) is 19.6. The molecular formula is C26H29NO6S. The molecule has 34 heavy (non-hydrogen) atoms. The number of carboxylic acid groups (broad SMARTS) is 1. The van der Waals surface area contributed by atoms with Crippen LogP contribution in [0.15, 0.2) is 57.9 Å². The molecule has 3 aromatic rings. The minimum atomic E-state index is -3.74. The molecule has 4 atom stereocenters. The lowest BCUT2D eigenvalue weighted by atomic mass is 9.83. The van der Waals surface area contributed by atoms with Crippen LogP contribution in [0.2, 0.25) is 0 Å². The highest BCUT2D eigenvalue weighted by atomic mass is 32.2. The molecule has 8 heteroatoms. The van der Waals surface area contributed by atoms with Gasteiger partial charge in [0.05, 0.1) is 4.90 Å². The van der Waals surface area contributed by atoms with Gasteiger partial charge in [0.1, 0.15) is 16.9 Å². The molecule has 1 aromatic heterocycles. The molecule has 2 aliphatic rings. The molecular weight excluding hydrogens is 454 g/mol. The number of phenols is 1. The van der Waals surface area contributed by atoms with E-state index < -0.39 is 16.0 Å². The Hall–Kier alpha value is -2.84. The smallest absolute Gasteiger partial charge is 0.303 e. The number of hydrogen-bond donors (Lipinski definition) is 3. The zero-order valence-electron chi connectivity index (χ0n) is 18.8. The fourth-order valence-electron chi connectivity index (χ4n) is 5.83. The van der Waals surface area contributed by atoms with Crippen molar-refractivity contribution in [2.45, 2.75) is 55.9 Å². The molecule has 2 aromatic carbocycles. The van der Waals surface area contributed by atoms with Crippen LogP contribution < -0.4 is 4.72 Å². The summed E-state index contributed by atoms with van der Waals surface area (Å²) in [6, 6.07) is 9.55. The Balaban J connectivity index is 1.34. The standard InChI is InChI=1S/C26H29NO6S/c28-18-9-11-23-21(14-18)22-15-19(10-12-24(22)33-23)34(31,32)27-26-17-8-7-16(13-17)20(26)5-3-1-2-4-6-25(29)30/h1,3,9-12,14-17,20,26-28H,2,4-8,13H2,(H,29,30)/b3-1-/t16-,17+,20+,26+/m0/s1. The maximum Gasteiger partial charge on any atom is 0.303 e. The van der Waals surface area contributed by atoms with E-state index in [9.17, 15) is 18.3 Å². The highest BCUT2D eigenvalue weighted by molar-refractivity contribution is 7.89. The van der Waals surface area contributed by atoms with Gasteiger partial charge in [-0.15, -0.1) is 0 Å². The number of carbonyl (C=O) groups is 1. The monoisotopic (exact) mass is 483 g/mol. The van der Waals surface area contributed by atoms with Crippen molar-refractivity contribution in [1.29, 1.82) is 0 Å². The average Bonchev–Trinajstić information content (AvgIpc) is 3.49. The zero-order chi connectivity index (χ0) is 23.9. The molecule has 0 spiro atoms. The van der Waals surface area contributed by atoms with Crippen molar-refractivity contribution in [2.75, 3.05) is 0 Å². The van der Waals surface area contributed by atoms with Crippen molar-refractivity contribution >= 4 is 37.9 Å². The molecule has 2 saturated carbocycles. The third-order valence-corrected chi connectivity index (χ3v) is 8.91. The number of allylic oxidation sites excluding steroid dienone is 2. The predicted molar refractivity (Wildman–Crippen MR) is 129 cm³/mol. The number of benzene rings is 2. The van der Waals surface area contributed by atoms with Gasteiger partial charge in [0.2, 0.25) is 10.0 Å². The van der Waals surface area contributed by atoms with Gasteiger partial charge < -0.3 is 14.6 Å². The van der Waals surface area contributed by atoms with E-state index >= 15 is 0 Å². The number of nitrogens with one attached hydrogen (secondary N) is 1. The molecule has 3 N–H and O–H groups in total. The van der Waals surface area contributed by atoms with Crippen LogP contribution >= 0.6 is 0 Å². The Labute approximate surface area is 198 Å². The van der Waals surface area contributed by atoms with Crippen LogP contribution in [0.3, 0.4) is 0 Å². The van der Waals surface area contributed by atoms with E-state index in [1.165, 1.54) is 0 Å². The number of aromatic hydroxyl groups is 1. The second kappa shape index (κ2) is 9.07. The molecule has 2 fully saturated rings. The Morgan fingerprint density at radius 2 is 1.79 bits per heavy atom. The molecule has 0 radical (unpaired) electrons. The van der Waals surface area contributed by atoms with E-state index in [1.807, 2.05) is 6.08 Å². The molecule has 7 nitrogen and oxygen atoms in total. The summed E-state index contributed by atoms with van der Waals surface area (Å²) in [5.41, 5.74) is 1.17. The van der Waals surface area contributed by atoms with E-state index in [0.29, 0.717) is 40.2 Å². The number of carboxylic acids is 1. The Kier molecular flexibility index (Phi) is 6.12. The van der Waals surface area contributed by atoms with Crippen LogP contribution in [0, 0.1) is 17.8 Å². The van der Waals surface area contributed by atoms with Gasteiger partial charge in [-0.3, -0.25) is 4.79 Å². The van der Waals surface area contributed by atoms with Crippen molar-refractivity contribution < 1.29 is 27.8 Å². The molecule has 2 aliphatic carbocycles. The first kappa shape index (κ1) is 22.9. The van der Waals surface area contributed by atoms with E-state index in [-0.39, 0.29) is 29.0 Å². The lowest BCUT2D eigenvalue weighted by Crippen LogP contribution is -2.43. The first-order valence-electron chi connectivity index (χ1n) is 11.9. The third-order valence-electron chi connectivity index (χ3n) is 7.45. The largest absolute Gasteiger partial charge is 0.508 e. The number of aliphatic carboxylic acids is 1.